The van der Waals surface area contributed by atoms with Gasteiger partial charge in [-0.15, -0.1) is 0 Å². The lowest BCUT2D eigenvalue weighted by atomic mass is 10.3. The molecule has 0 aliphatic carbocycles. The van der Waals surface area contributed by atoms with Crippen molar-refractivity contribution in [2.45, 2.75) is 13.0 Å². The lowest BCUT2D eigenvalue weighted by Gasteiger charge is -2.09. The molecule has 86 valence electrons. The molecule has 1 N–H and O–H groups in total. The number of aryl methyl sites for hydroxylation is 1. The molecule has 0 aliphatic rings. The Bertz CT molecular complexity index is 524. The molecule has 2 aromatic rings. The van der Waals surface area contributed by atoms with E-state index in [1.54, 1.807) is 0 Å². The predicted molar refractivity (Wildman–Crippen MR) is 70.3 cm³/mol. The first-order chi connectivity index (χ1) is 7.68. The van der Waals surface area contributed by atoms with Gasteiger partial charge >= 0.3 is 0 Å². The van der Waals surface area contributed by atoms with Gasteiger partial charge in [0.1, 0.15) is 0 Å². The molecule has 16 heavy (non-hydrogen) atoms. The first kappa shape index (κ1) is 11.4. The number of hydrogen-bond donors (Lipinski definition) is 1. The number of nitrogens with one attached hydrogen (secondary N) is 1. The Kier molecular flexibility index (Phi) is 3.41. The summed E-state index contributed by atoms with van der Waals surface area (Å²) in [5.41, 5.74) is 2.32. The zero-order valence-corrected chi connectivity index (χ0v) is 10.5. The Hall–Kier alpha value is -1.13. The lowest BCUT2D eigenvalue weighted by Crippen LogP contribution is -2.15. The average Bonchev–Trinajstić information content (AvgIpc) is 2.55. The van der Waals surface area contributed by atoms with Gasteiger partial charge in [-0.3, -0.25) is 0 Å². The van der Waals surface area contributed by atoms with Crippen LogP contribution in [0.15, 0.2) is 24.3 Å². The number of imidazole rings is 1. The number of H-pyrrole nitrogens is 1. The van der Waals surface area contributed by atoms with E-state index in [9.17, 15) is 0 Å². The van der Waals surface area contributed by atoms with Crippen LogP contribution in [0.25, 0.3) is 11.0 Å². The summed E-state index contributed by atoms with van der Waals surface area (Å²) in [6.07, 6.45) is 1.11. The number of fused-ring (bicyclic) bond motifs is 1. The second-order valence-corrected chi connectivity index (χ2v) is 4.64. The van der Waals surface area contributed by atoms with E-state index in [1.165, 1.54) is 5.52 Å². The topological polar surface area (TPSA) is 24.0 Å². The molecule has 1 heterocycles. The summed E-state index contributed by atoms with van der Waals surface area (Å²) in [5.74, 6) is 0. The highest BCUT2D eigenvalue weighted by molar-refractivity contribution is 7.71. The van der Waals surface area contributed by atoms with Crippen molar-refractivity contribution in [1.82, 2.24) is 14.5 Å². The first-order valence-corrected chi connectivity index (χ1v) is 5.91. The lowest BCUT2D eigenvalue weighted by molar-refractivity contribution is 0.387. The highest BCUT2D eigenvalue weighted by Gasteiger charge is 2.02. The van der Waals surface area contributed by atoms with Gasteiger partial charge in [0.05, 0.1) is 11.0 Å². The summed E-state index contributed by atoms with van der Waals surface area (Å²) < 4.78 is 2.99. The molecule has 1 aromatic heterocycles. The van der Waals surface area contributed by atoms with Gasteiger partial charge in [0.25, 0.3) is 0 Å². The van der Waals surface area contributed by atoms with Crippen LogP contribution < -0.4 is 0 Å². The third kappa shape index (κ3) is 2.33. The monoisotopic (exact) mass is 235 g/mol. The Balaban J connectivity index is 2.23. The zero-order chi connectivity index (χ0) is 11.5. The normalized spacial score (nSPS) is 11.4. The van der Waals surface area contributed by atoms with E-state index in [0.717, 1.165) is 29.8 Å². The predicted octanol–water partition coefficient (Wildman–Crippen LogP) is 2.65. The summed E-state index contributed by atoms with van der Waals surface area (Å²) in [6, 6.07) is 8.25. The molecule has 0 spiro atoms. The Morgan fingerprint density at radius 2 is 2.06 bits per heavy atom. The fourth-order valence-electron chi connectivity index (χ4n) is 1.87. The standard InChI is InChI=1S/C12H17N3S/c1-14(2)8-5-9-15-11-7-4-3-6-10(11)13-12(15)16/h3-4,6-7H,5,8-9H2,1-2H3,(H,13,16). The summed E-state index contributed by atoms with van der Waals surface area (Å²) in [5, 5.41) is 0. The summed E-state index contributed by atoms with van der Waals surface area (Å²) in [7, 11) is 4.18. The molecule has 0 bridgehead atoms. The van der Waals surface area contributed by atoms with Crippen molar-refractivity contribution < 1.29 is 0 Å². The smallest absolute Gasteiger partial charge is 0.178 e. The highest BCUT2D eigenvalue weighted by atomic mass is 32.1. The van der Waals surface area contributed by atoms with Crippen LogP contribution in [0.3, 0.4) is 0 Å². The molecular weight excluding hydrogens is 218 g/mol. The number of para-hydroxylation sites is 2. The van der Waals surface area contributed by atoms with Gasteiger partial charge in [-0.2, -0.15) is 0 Å². The summed E-state index contributed by atoms with van der Waals surface area (Å²) in [4.78, 5) is 5.42. The molecule has 0 saturated carbocycles. The SMILES string of the molecule is CN(C)CCCn1c(=S)[nH]c2ccccc21. The molecule has 0 aliphatic heterocycles. The van der Waals surface area contributed by atoms with E-state index in [1.807, 2.05) is 12.1 Å². The van der Waals surface area contributed by atoms with Crippen LogP contribution in [0, 0.1) is 4.77 Å². The molecule has 2 rings (SSSR count). The molecule has 0 saturated heterocycles. The van der Waals surface area contributed by atoms with Crippen LogP contribution >= 0.6 is 12.2 Å². The van der Waals surface area contributed by atoms with Crippen molar-refractivity contribution in [3.8, 4) is 0 Å². The van der Waals surface area contributed by atoms with Crippen LogP contribution in [-0.4, -0.2) is 35.1 Å². The fraction of sp³-hybridized carbons (Fsp3) is 0.417. The highest BCUT2D eigenvalue weighted by Crippen LogP contribution is 2.13. The molecule has 3 nitrogen and oxygen atoms in total. The maximum absolute atomic E-state index is 5.33. The van der Waals surface area contributed by atoms with Gasteiger partial charge in [-0.25, -0.2) is 0 Å². The van der Waals surface area contributed by atoms with Crippen LogP contribution in [0.5, 0.6) is 0 Å². The van der Waals surface area contributed by atoms with Gasteiger partial charge in [0.2, 0.25) is 0 Å². The zero-order valence-electron chi connectivity index (χ0n) is 9.73. The third-order valence-electron chi connectivity index (χ3n) is 2.67. The number of hydrogen-bond acceptors (Lipinski definition) is 2. The van der Waals surface area contributed by atoms with E-state index < -0.39 is 0 Å². The van der Waals surface area contributed by atoms with Crippen molar-refractivity contribution in [3.63, 3.8) is 0 Å². The van der Waals surface area contributed by atoms with E-state index in [2.05, 4.69) is 40.7 Å². The molecule has 0 fully saturated rings. The molecule has 0 unspecified atom stereocenters. The van der Waals surface area contributed by atoms with Crippen LogP contribution in [0.2, 0.25) is 0 Å². The molecule has 0 amide bonds. The summed E-state index contributed by atoms with van der Waals surface area (Å²) >= 11 is 5.33. The Labute approximate surface area is 101 Å². The number of nitrogens with zero attached hydrogens (tertiary/aromatic N) is 2. The fourth-order valence-corrected chi connectivity index (χ4v) is 2.17. The molecule has 0 atom stereocenters. The van der Waals surface area contributed by atoms with E-state index >= 15 is 0 Å². The van der Waals surface area contributed by atoms with Crippen LogP contribution in [-0.2, 0) is 6.54 Å². The Morgan fingerprint density at radius 3 is 2.81 bits per heavy atom. The van der Waals surface area contributed by atoms with Crippen molar-refractivity contribution >= 4 is 23.3 Å². The van der Waals surface area contributed by atoms with Crippen molar-refractivity contribution in [2.24, 2.45) is 0 Å². The number of aromatic nitrogens is 2. The quantitative estimate of drug-likeness (QED) is 0.824. The van der Waals surface area contributed by atoms with Gasteiger partial charge in [0.15, 0.2) is 4.77 Å². The van der Waals surface area contributed by atoms with E-state index in [-0.39, 0.29) is 0 Å². The molecule has 1 aromatic carbocycles. The van der Waals surface area contributed by atoms with Gasteiger partial charge < -0.3 is 14.5 Å². The van der Waals surface area contributed by atoms with Gasteiger partial charge in [-0.05, 0) is 51.4 Å². The molecule has 4 heteroatoms. The summed E-state index contributed by atoms with van der Waals surface area (Å²) in [6.45, 7) is 2.06. The average molecular weight is 235 g/mol. The van der Waals surface area contributed by atoms with E-state index in [0.29, 0.717) is 0 Å². The van der Waals surface area contributed by atoms with Crippen molar-refractivity contribution in [3.05, 3.63) is 29.0 Å². The minimum Gasteiger partial charge on any atom is -0.331 e. The van der Waals surface area contributed by atoms with Gasteiger partial charge in [0, 0.05) is 6.54 Å². The van der Waals surface area contributed by atoms with Crippen LogP contribution in [0.1, 0.15) is 6.42 Å². The molecular formula is C12H17N3S. The second-order valence-electron chi connectivity index (χ2n) is 4.26. The van der Waals surface area contributed by atoms with Crippen LogP contribution in [0.4, 0.5) is 0 Å². The van der Waals surface area contributed by atoms with Crippen molar-refractivity contribution in [2.75, 3.05) is 20.6 Å². The Morgan fingerprint density at radius 1 is 1.31 bits per heavy atom. The number of benzene rings is 1. The first-order valence-electron chi connectivity index (χ1n) is 5.51. The van der Waals surface area contributed by atoms with Crippen molar-refractivity contribution in [1.29, 1.82) is 0 Å². The largest absolute Gasteiger partial charge is 0.331 e. The number of rotatable bonds is 4. The minimum absolute atomic E-state index is 0.819. The minimum atomic E-state index is 0.819. The second kappa shape index (κ2) is 4.80. The number of aromatic amines is 1. The third-order valence-corrected chi connectivity index (χ3v) is 2.99. The maximum atomic E-state index is 5.33. The molecule has 0 radical (unpaired) electrons. The van der Waals surface area contributed by atoms with Gasteiger partial charge in [-0.1, -0.05) is 12.1 Å². The maximum Gasteiger partial charge on any atom is 0.178 e. The van der Waals surface area contributed by atoms with E-state index in [4.69, 9.17) is 12.2 Å².